The van der Waals surface area contributed by atoms with Gasteiger partial charge in [0.1, 0.15) is 5.82 Å². The maximum atomic E-state index is 13.3. The van der Waals surface area contributed by atoms with E-state index in [1.165, 1.54) is 0 Å². The van der Waals surface area contributed by atoms with Crippen LogP contribution in [0.3, 0.4) is 0 Å². The summed E-state index contributed by atoms with van der Waals surface area (Å²) in [5.41, 5.74) is 1.44. The van der Waals surface area contributed by atoms with Crippen LogP contribution in [0.2, 0.25) is 0 Å². The molecule has 4 rings (SSSR count). The van der Waals surface area contributed by atoms with Gasteiger partial charge >= 0.3 is 0 Å². The van der Waals surface area contributed by atoms with Crippen LogP contribution in [0, 0.1) is 5.41 Å². The molecule has 2 atom stereocenters. The van der Waals surface area contributed by atoms with Crippen molar-refractivity contribution in [1.29, 1.82) is 0 Å². The van der Waals surface area contributed by atoms with Gasteiger partial charge in [0.25, 0.3) is 0 Å². The number of sulfonamides is 1. The first-order valence-corrected chi connectivity index (χ1v) is 12.2. The number of nitrogens with one attached hydrogen (secondary N) is 1. The fourth-order valence-corrected chi connectivity index (χ4v) is 7.18. The van der Waals surface area contributed by atoms with Crippen LogP contribution in [0.1, 0.15) is 44.9 Å². The van der Waals surface area contributed by atoms with Crippen LogP contribution in [0.15, 0.2) is 24.3 Å². The van der Waals surface area contributed by atoms with E-state index < -0.39 is 15.4 Å². The van der Waals surface area contributed by atoms with Crippen molar-refractivity contribution in [2.24, 2.45) is 12.5 Å². The van der Waals surface area contributed by atoms with E-state index in [1.54, 1.807) is 4.31 Å². The highest BCUT2D eigenvalue weighted by atomic mass is 32.2. The molecule has 8 heteroatoms. The maximum Gasteiger partial charge on any atom is 0.227 e. The Kier molecular flexibility index (Phi) is 5.42. The van der Waals surface area contributed by atoms with Gasteiger partial charge in [-0.05, 0) is 31.4 Å². The van der Waals surface area contributed by atoms with Crippen LogP contribution in [-0.4, -0.2) is 53.1 Å². The molecule has 1 saturated heterocycles. The lowest BCUT2D eigenvalue weighted by Gasteiger charge is -2.50. The second-order valence-electron chi connectivity index (χ2n) is 8.27. The molecule has 1 amide bonds. The minimum Gasteiger partial charge on any atom is -0.355 e. The average molecular weight is 419 g/mol. The van der Waals surface area contributed by atoms with Gasteiger partial charge in [0.05, 0.1) is 22.2 Å². The summed E-state index contributed by atoms with van der Waals surface area (Å²) in [6, 6.07) is 7.78. The lowest BCUT2D eigenvalue weighted by atomic mass is 9.67. The van der Waals surface area contributed by atoms with Gasteiger partial charge in [0.2, 0.25) is 15.9 Å². The van der Waals surface area contributed by atoms with Crippen molar-refractivity contribution in [2.45, 2.75) is 51.5 Å². The number of amides is 1. The standard InChI is InChI=1S/C21H30N4O3S/c1-3-25-18-10-6-7-12-21(18,13-15-29(25,27)28)20(26)22-14-11-19-23-16-8-4-5-9-17(16)24(19)2/h4-5,8-9,18H,3,6-7,10-15H2,1-2H3,(H,22,26)/t18-,21-/m1/s1. The number of fused-ring (bicyclic) bond motifs is 2. The Morgan fingerprint density at radius 3 is 2.83 bits per heavy atom. The predicted molar refractivity (Wildman–Crippen MR) is 113 cm³/mol. The minimum absolute atomic E-state index is 0.00862. The fourth-order valence-electron chi connectivity index (χ4n) is 5.23. The maximum absolute atomic E-state index is 13.3. The molecule has 1 aromatic heterocycles. The van der Waals surface area contributed by atoms with Crippen LogP contribution in [0.25, 0.3) is 11.0 Å². The number of hydrogen-bond acceptors (Lipinski definition) is 4. The first-order valence-electron chi connectivity index (χ1n) is 10.6. The quantitative estimate of drug-likeness (QED) is 0.807. The molecule has 1 aliphatic carbocycles. The zero-order valence-electron chi connectivity index (χ0n) is 17.2. The molecule has 29 heavy (non-hydrogen) atoms. The van der Waals surface area contributed by atoms with Crippen molar-refractivity contribution in [1.82, 2.24) is 19.2 Å². The fraction of sp³-hybridized carbons (Fsp3) is 0.619. The lowest BCUT2D eigenvalue weighted by Crippen LogP contribution is -2.62. The Balaban J connectivity index is 1.48. The normalized spacial score (nSPS) is 26.9. The van der Waals surface area contributed by atoms with Crippen molar-refractivity contribution < 1.29 is 13.2 Å². The van der Waals surface area contributed by atoms with Gasteiger partial charge in [-0.15, -0.1) is 0 Å². The van der Waals surface area contributed by atoms with Crippen LogP contribution in [-0.2, 0) is 28.3 Å². The molecule has 0 bridgehead atoms. The molecule has 2 aromatic rings. The molecular weight excluding hydrogens is 388 g/mol. The highest BCUT2D eigenvalue weighted by molar-refractivity contribution is 7.89. The van der Waals surface area contributed by atoms with Crippen molar-refractivity contribution in [2.75, 3.05) is 18.8 Å². The molecule has 1 aliphatic heterocycles. The number of aryl methyl sites for hydroxylation is 1. The molecule has 2 heterocycles. The van der Waals surface area contributed by atoms with Gasteiger partial charge < -0.3 is 9.88 Å². The monoisotopic (exact) mass is 418 g/mol. The Bertz CT molecular complexity index is 1020. The third kappa shape index (κ3) is 3.46. The van der Waals surface area contributed by atoms with E-state index >= 15 is 0 Å². The molecule has 0 radical (unpaired) electrons. The van der Waals surface area contributed by atoms with Gasteiger partial charge in [-0.1, -0.05) is 31.9 Å². The number of hydrogen-bond donors (Lipinski definition) is 1. The Hall–Kier alpha value is -1.93. The van der Waals surface area contributed by atoms with Crippen LogP contribution >= 0.6 is 0 Å². The third-order valence-corrected chi connectivity index (χ3v) is 8.72. The summed E-state index contributed by atoms with van der Waals surface area (Å²) < 4.78 is 28.7. The molecule has 2 aliphatic rings. The highest BCUT2D eigenvalue weighted by Crippen LogP contribution is 2.46. The predicted octanol–water partition coefficient (Wildman–Crippen LogP) is 2.22. The van der Waals surface area contributed by atoms with Crippen molar-refractivity contribution in [3.05, 3.63) is 30.1 Å². The summed E-state index contributed by atoms with van der Waals surface area (Å²) in [6.45, 7) is 2.80. The van der Waals surface area contributed by atoms with Crippen LogP contribution in [0.5, 0.6) is 0 Å². The van der Waals surface area contributed by atoms with Gasteiger partial charge in [0.15, 0.2) is 0 Å². The van der Waals surface area contributed by atoms with E-state index in [0.29, 0.717) is 25.9 Å². The number of carbonyl (C=O) groups is 1. The summed E-state index contributed by atoms with van der Waals surface area (Å²) in [6.07, 6.45) is 4.56. The summed E-state index contributed by atoms with van der Waals surface area (Å²) in [5, 5.41) is 3.12. The van der Waals surface area contributed by atoms with E-state index in [9.17, 15) is 13.2 Å². The summed E-state index contributed by atoms with van der Waals surface area (Å²) in [5.74, 6) is 1.01. The van der Waals surface area contributed by atoms with Crippen LogP contribution in [0.4, 0.5) is 0 Å². The van der Waals surface area contributed by atoms with Crippen molar-refractivity contribution in [3.8, 4) is 0 Å². The molecule has 2 fully saturated rings. The molecule has 0 unspecified atom stereocenters. The summed E-state index contributed by atoms with van der Waals surface area (Å²) in [7, 11) is -1.27. The van der Waals surface area contributed by atoms with Crippen molar-refractivity contribution in [3.63, 3.8) is 0 Å². The van der Waals surface area contributed by atoms with E-state index in [2.05, 4.69) is 14.9 Å². The Morgan fingerprint density at radius 1 is 1.28 bits per heavy atom. The number of carbonyl (C=O) groups excluding carboxylic acids is 1. The summed E-state index contributed by atoms with van der Waals surface area (Å²) in [4.78, 5) is 18.0. The number of imidazole rings is 1. The van der Waals surface area contributed by atoms with E-state index in [-0.39, 0.29) is 17.7 Å². The van der Waals surface area contributed by atoms with Crippen molar-refractivity contribution >= 4 is 27.0 Å². The largest absolute Gasteiger partial charge is 0.355 e. The first-order chi connectivity index (χ1) is 13.9. The highest BCUT2D eigenvalue weighted by Gasteiger charge is 2.54. The van der Waals surface area contributed by atoms with Gasteiger partial charge in [0, 0.05) is 32.6 Å². The SMILES string of the molecule is CCN1[C@@H]2CCCC[C@@]2(C(=O)NCCc2nc3ccccc3n2C)CCS1(=O)=O. The molecule has 158 valence electrons. The lowest BCUT2D eigenvalue weighted by molar-refractivity contribution is -0.137. The number of rotatable bonds is 5. The molecule has 1 N–H and O–H groups in total. The number of nitrogens with zero attached hydrogens (tertiary/aromatic N) is 3. The van der Waals surface area contributed by atoms with Gasteiger partial charge in [-0.25, -0.2) is 13.4 Å². The molecular formula is C21H30N4O3S. The topological polar surface area (TPSA) is 84.3 Å². The zero-order valence-corrected chi connectivity index (χ0v) is 18.0. The number of benzene rings is 1. The Morgan fingerprint density at radius 2 is 2.07 bits per heavy atom. The molecule has 7 nitrogen and oxygen atoms in total. The average Bonchev–Trinajstić information content (AvgIpc) is 3.03. The molecule has 1 aromatic carbocycles. The minimum atomic E-state index is -3.26. The van der Waals surface area contributed by atoms with E-state index in [4.69, 9.17) is 0 Å². The van der Waals surface area contributed by atoms with Crippen LogP contribution < -0.4 is 5.32 Å². The van der Waals surface area contributed by atoms with E-state index in [1.807, 2.05) is 38.2 Å². The molecule has 0 spiro atoms. The number of aromatic nitrogens is 2. The summed E-state index contributed by atoms with van der Waals surface area (Å²) >= 11 is 0. The third-order valence-electron chi connectivity index (χ3n) is 6.78. The van der Waals surface area contributed by atoms with Gasteiger partial charge in [-0.2, -0.15) is 4.31 Å². The Labute approximate surface area is 172 Å². The smallest absolute Gasteiger partial charge is 0.227 e. The van der Waals surface area contributed by atoms with Gasteiger partial charge in [-0.3, -0.25) is 4.79 Å². The first kappa shape index (κ1) is 20.3. The molecule has 1 saturated carbocycles. The second-order valence-corrected chi connectivity index (χ2v) is 10.3. The second kappa shape index (κ2) is 7.72. The van der Waals surface area contributed by atoms with E-state index in [0.717, 1.165) is 42.5 Å². The zero-order chi connectivity index (χ0) is 20.6. The number of para-hydroxylation sites is 2.